The summed E-state index contributed by atoms with van der Waals surface area (Å²) in [6.07, 6.45) is 0. The average Bonchev–Trinajstić information content (AvgIpc) is 0.811. The summed E-state index contributed by atoms with van der Waals surface area (Å²) in [7, 11) is -2.92. The van der Waals surface area contributed by atoms with Crippen LogP contribution < -0.4 is 15.1 Å². The predicted octanol–water partition coefficient (Wildman–Crippen LogP) is -3.95. The van der Waals surface area contributed by atoms with E-state index < -0.39 is 7.32 Å². The van der Waals surface area contributed by atoms with Gasteiger partial charge in [0.2, 0.25) is 0 Å². The van der Waals surface area contributed by atoms with Crippen LogP contribution in [0.25, 0.3) is 0 Å². The summed E-state index contributed by atoms with van der Waals surface area (Å²) in [6.45, 7) is 0. The maximum Gasteiger partial charge on any atom is 3.00 e. The fraction of sp³-hybridized carbons (Fsp3) is 0. The Morgan fingerprint density at radius 3 is 1.00 bits per heavy atom. The van der Waals surface area contributed by atoms with Crippen molar-refractivity contribution >= 4 is 7.32 Å². The normalized spacial score (nSPS) is 3.86. The fourth-order valence-corrected chi connectivity index (χ4v) is 0. The first kappa shape index (κ1) is 22.4. The van der Waals surface area contributed by atoms with Gasteiger partial charge in [-0.15, -0.1) is 0 Å². The van der Waals surface area contributed by atoms with Crippen molar-refractivity contribution in [2.45, 2.75) is 0 Å². The van der Waals surface area contributed by atoms with Gasteiger partial charge in [-0.3, -0.25) is 7.32 Å². The molecule has 0 N–H and O–H groups in total. The van der Waals surface area contributed by atoms with E-state index in [0.29, 0.717) is 0 Å². The van der Waals surface area contributed by atoms with Gasteiger partial charge in [0.15, 0.2) is 0 Å². The van der Waals surface area contributed by atoms with Gasteiger partial charge < -0.3 is 15.1 Å². The molecule has 0 aliphatic carbocycles. The first-order valence-electron chi connectivity index (χ1n) is 0.707. The molecule has 0 heterocycles. The minimum Gasteiger partial charge on any atom is -0.907 e. The van der Waals surface area contributed by atoms with Gasteiger partial charge in [0.05, 0.1) is 0 Å². The average molecular weight is 515 g/mol. The summed E-state index contributed by atoms with van der Waals surface area (Å²) in [4.78, 5) is 0. The third-order valence-corrected chi connectivity index (χ3v) is 0. The smallest absolute Gasteiger partial charge is 0.907 e. The van der Waals surface area contributed by atoms with Gasteiger partial charge in [0.1, 0.15) is 0 Å². The maximum atomic E-state index is 8.42. The van der Waals surface area contributed by atoms with Crippen LogP contribution in [-0.4, -0.2) is 7.32 Å². The molecule has 0 aliphatic heterocycles. The Hall–Kier alpha value is 3.93. The summed E-state index contributed by atoms with van der Waals surface area (Å²) < 4.78 is 0. The van der Waals surface area contributed by atoms with Gasteiger partial charge in [0, 0.05) is 81.7 Å². The molecule has 3 nitrogen and oxygen atoms in total. The Bertz CT molecular complexity index is 19.7. The molecular formula is BCeGdO3Tb. The van der Waals surface area contributed by atoms with E-state index in [1.807, 2.05) is 0 Å². The number of hydrogen-bond acceptors (Lipinski definition) is 3. The summed E-state index contributed by atoms with van der Waals surface area (Å²) in [5.74, 6) is 0. The van der Waals surface area contributed by atoms with Crippen molar-refractivity contribution in [1.82, 2.24) is 0 Å². The van der Waals surface area contributed by atoms with Crippen molar-refractivity contribution in [3.8, 4) is 0 Å². The molecule has 0 saturated heterocycles. The van der Waals surface area contributed by atoms with E-state index in [9.17, 15) is 0 Å². The van der Waals surface area contributed by atoms with Crippen LogP contribution >= 0.6 is 0 Å². The molecule has 0 aromatic rings. The van der Waals surface area contributed by atoms with Gasteiger partial charge in [-0.1, -0.05) is 0 Å². The Morgan fingerprint density at radius 2 is 1.00 bits per heavy atom. The van der Waals surface area contributed by atoms with Gasteiger partial charge in [-0.2, -0.15) is 0 Å². The summed E-state index contributed by atoms with van der Waals surface area (Å²) in [5.41, 5.74) is 0. The monoisotopic (exact) mass is 516 g/mol. The van der Waals surface area contributed by atoms with Crippen LogP contribution in [-0.2, 0) is 0 Å². The van der Waals surface area contributed by atoms with Gasteiger partial charge in [0.25, 0.3) is 0 Å². The second-order valence-corrected chi connectivity index (χ2v) is 0.289. The zero-order valence-electron chi connectivity index (χ0n) is 2.99. The molecule has 0 bridgehead atoms. The predicted molar refractivity (Wildman–Crippen MR) is 5.75 cm³/mol. The fourth-order valence-electron chi connectivity index (χ4n) is 0. The molecule has 0 aromatic carbocycles. The molecule has 0 aliphatic rings. The molecule has 0 amide bonds. The van der Waals surface area contributed by atoms with Crippen LogP contribution in [0.15, 0.2) is 0 Å². The van der Waals surface area contributed by atoms with Gasteiger partial charge in [-0.05, 0) is 0 Å². The van der Waals surface area contributed by atoms with E-state index in [-0.39, 0.29) is 120 Å². The minimum absolute atomic E-state index is 0. The minimum atomic E-state index is -2.92. The standard InChI is InChI=1S/BO3.Ce.Gd.Tb/c2-1(3)4;;;/q-3;;;+3. The topological polar surface area (TPSA) is 69.2 Å². The third kappa shape index (κ3) is 40.4. The quantitative estimate of drug-likeness (QED) is 0.310. The van der Waals surface area contributed by atoms with Crippen LogP contribution in [0.1, 0.15) is 0 Å². The zero-order chi connectivity index (χ0) is 3.58. The molecule has 0 spiro atoms. The van der Waals surface area contributed by atoms with Crippen LogP contribution in [0.2, 0.25) is 0 Å². The second-order valence-electron chi connectivity index (χ2n) is 0.289. The Kier molecular flexibility index (Phi) is 52.9. The molecule has 7 heavy (non-hydrogen) atoms. The number of hydrogen-bond donors (Lipinski definition) is 0. The Morgan fingerprint density at radius 1 is 1.00 bits per heavy atom. The van der Waals surface area contributed by atoms with Crippen molar-refractivity contribution in [3.63, 3.8) is 0 Å². The maximum absolute atomic E-state index is 8.42. The first-order chi connectivity index (χ1) is 1.73. The summed E-state index contributed by atoms with van der Waals surface area (Å²) in [6, 6.07) is 0. The molecule has 0 rings (SSSR count). The first-order valence-corrected chi connectivity index (χ1v) is 0.707. The van der Waals surface area contributed by atoms with E-state index in [0.717, 1.165) is 0 Å². The van der Waals surface area contributed by atoms with Crippen LogP contribution in [0.3, 0.4) is 0 Å². The molecule has 0 atom stereocenters. The molecule has 7 heteroatoms. The second kappa shape index (κ2) is 16.5. The van der Waals surface area contributed by atoms with Crippen molar-refractivity contribution in [2.75, 3.05) is 0 Å². The van der Waals surface area contributed by atoms with Crippen LogP contribution in [0, 0.1) is 120 Å². The third-order valence-electron chi connectivity index (χ3n) is 0. The van der Waals surface area contributed by atoms with E-state index >= 15 is 0 Å². The van der Waals surface area contributed by atoms with Crippen molar-refractivity contribution in [2.24, 2.45) is 0 Å². The van der Waals surface area contributed by atoms with E-state index in [2.05, 4.69) is 0 Å². The van der Waals surface area contributed by atoms with Crippen molar-refractivity contribution in [1.29, 1.82) is 0 Å². The molecule has 0 unspecified atom stereocenters. The van der Waals surface area contributed by atoms with Crippen LogP contribution in [0.4, 0.5) is 0 Å². The van der Waals surface area contributed by atoms with Gasteiger partial charge in [-0.25, -0.2) is 0 Å². The van der Waals surface area contributed by atoms with Crippen LogP contribution in [0.5, 0.6) is 0 Å². The van der Waals surface area contributed by atoms with E-state index in [1.165, 1.54) is 0 Å². The largest absolute Gasteiger partial charge is 3.00 e. The molecule has 0 saturated carbocycles. The molecule has 0 fully saturated rings. The number of rotatable bonds is 0. The zero-order valence-corrected chi connectivity index (χ0v) is 10.5. The van der Waals surface area contributed by atoms with Crippen molar-refractivity contribution < 1.29 is 135 Å². The van der Waals surface area contributed by atoms with Crippen molar-refractivity contribution in [3.05, 3.63) is 0 Å². The molecular weight excluding hydrogens is 515 g/mol. The SMILES string of the molecule is [Ce].[Gd].[O-]B([O-])[O-].[Tb+3]. The van der Waals surface area contributed by atoms with E-state index in [4.69, 9.17) is 15.1 Å². The van der Waals surface area contributed by atoms with Gasteiger partial charge >= 0.3 is 38.6 Å². The molecule has 0 aromatic heterocycles. The molecule has 0 radical (unpaired) electrons. The molecule has 42 valence electrons. The Labute approximate surface area is 139 Å². The van der Waals surface area contributed by atoms with E-state index in [1.54, 1.807) is 0 Å². The Balaban J connectivity index is -0.0000000150. The summed E-state index contributed by atoms with van der Waals surface area (Å²) >= 11 is 0. The summed E-state index contributed by atoms with van der Waals surface area (Å²) in [5, 5.41) is 25.2.